The first-order chi connectivity index (χ1) is 12.1. The van der Waals surface area contributed by atoms with Crippen LogP contribution in [0, 0.1) is 5.92 Å². The molecule has 0 bridgehead atoms. The van der Waals surface area contributed by atoms with Gasteiger partial charge in [0, 0.05) is 19.5 Å². The molecule has 1 heterocycles. The minimum Gasteiger partial charge on any atom is -0.494 e. The van der Waals surface area contributed by atoms with Crippen molar-refractivity contribution in [2.75, 3.05) is 26.2 Å². The van der Waals surface area contributed by atoms with Gasteiger partial charge in [-0.15, -0.1) is 0 Å². The largest absolute Gasteiger partial charge is 0.494 e. The Balaban J connectivity index is 1.32. The lowest BCUT2D eigenvalue weighted by Gasteiger charge is -2.19. The molecule has 1 aromatic rings. The predicted molar refractivity (Wildman–Crippen MR) is 94.0 cm³/mol. The Hall–Kier alpha value is -2.28. The topological polar surface area (TPSA) is 103 Å². The summed E-state index contributed by atoms with van der Waals surface area (Å²) in [6.45, 7) is 2.32. The Morgan fingerprint density at radius 2 is 2.16 bits per heavy atom. The fourth-order valence-corrected chi connectivity index (χ4v) is 3.04. The number of carboxylic acid groups (broad SMARTS) is 1. The van der Waals surface area contributed by atoms with Crippen LogP contribution < -0.4 is 15.4 Å². The van der Waals surface area contributed by atoms with Crippen LogP contribution in [0.3, 0.4) is 0 Å². The molecule has 1 fully saturated rings. The molecule has 3 rings (SSSR count). The van der Waals surface area contributed by atoms with Gasteiger partial charge in [-0.1, -0.05) is 12.1 Å². The SMILES string of the molecule is O=C(O)CC1CC1c1ccc(OCCCNC2=NCC(O)CN2)cc1. The standard InChI is InChI=1S/C18H25N3O4/c22-14-10-20-18(21-11-14)19-6-1-7-25-15-4-2-12(3-5-15)16-8-13(16)9-17(23)24/h2-5,13-14,16,22H,1,6-11H2,(H,23,24)(H2,19,20,21). The molecule has 3 atom stereocenters. The summed E-state index contributed by atoms with van der Waals surface area (Å²) >= 11 is 0. The summed E-state index contributed by atoms with van der Waals surface area (Å²) in [4.78, 5) is 14.9. The van der Waals surface area contributed by atoms with Gasteiger partial charge in [0.1, 0.15) is 5.75 Å². The summed E-state index contributed by atoms with van der Waals surface area (Å²) in [7, 11) is 0. The monoisotopic (exact) mass is 347 g/mol. The highest BCUT2D eigenvalue weighted by atomic mass is 16.5. The molecular formula is C18H25N3O4. The number of nitrogens with zero attached hydrogens (tertiary/aromatic N) is 1. The van der Waals surface area contributed by atoms with Crippen LogP contribution in [-0.4, -0.2) is 54.5 Å². The number of aliphatic imine (C=N–C) groups is 1. The van der Waals surface area contributed by atoms with E-state index in [1.54, 1.807) is 0 Å². The number of nitrogens with one attached hydrogen (secondary N) is 2. The van der Waals surface area contributed by atoms with Gasteiger partial charge in [0.25, 0.3) is 0 Å². The second kappa shape index (κ2) is 8.20. The molecule has 0 saturated heterocycles. The van der Waals surface area contributed by atoms with E-state index >= 15 is 0 Å². The van der Waals surface area contributed by atoms with E-state index in [1.807, 2.05) is 24.3 Å². The summed E-state index contributed by atoms with van der Waals surface area (Å²) in [6, 6.07) is 7.97. The van der Waals surface area contributed by atoms with Crippen molar-refractivity contribution in [1.29, 1.82) is 0 Å². The molecule has 0 radical (unpaired) electrons. The molecule has 3 unspecified atom stereocenters. The number of aliphatic carboxylic acids is 1. The van der Waals surface area contributed by atoms with E-state index in [4.69, 9.17) is 9.84 Å². The van der Waals surface area contributed by atoms with Gasteiger partial charge in [-0.3, -0.25) is 9.79 Å². The number of benzene rings is 1. The second-order valence-electron chi connectivity index (χ2n) is 6.62. The van der Waals surface area contributed by atoms with Crippen LogP contribution in [0.2, 0.25) is 0 Å². The molecule has 1 aliphatic carbocycles. The van der Waals surface area contributed by atoms with Gasteiger partial charge in [-0.25, -0.2) is 0 Å². The van der Waals surface area contributed by atoms with Crippen LogP contribution in [0.1, 0.15) is 30.7 Å². The molecule has 2 aliphatic rings. The van der Waals surface area contributed by atoms with Crippen LogP contribution in [0.25, 0.3) is 0 Å². The zero-order valence-corrected chi connectivity index (χ0v) is 14.1. The highest BCUT2D eigenvalue weighted by Crippen LogP contribution is 2.49. The maximum absolute atomic E-state index is 10.7. The van der Waals surface area contributed by atoms with Gasteiger partial charge < -0.3 is 25.6 Å². The highest BCUT2D eigenvalue weighted by molar-refractivity contribution is 5.80. The van der Waals surface area contributed by atoms with Gasteiger partial charge in [-0.05, 0) is 42.4 Å². The first-order valence-corrected chi connectivity index (χ1v) is 8.76. The van der Waals surface area contributed by atoms with Gasteiger partial charge in [0.2, 0.25) is 0 Å². The number of ether oxygens (including phenoxy) is 1. The summed E-state index contributed by atoms with van der Waals surface area (Å²) in [5.41, 5.74) is 1.20. The van der Waals surface area contributed by atoms with Crippen molar-refractivity contribution in [2.45, 2.75) is 31.3 Å². The number of carbonyl (C=O) groups is 1. The van der Waals surface area contributed by atoms with E-state index in [0.29, 0.717) is 25.6 Å². The molecule has 7 heteroatoms. The number of aliphatic hydroxyl groups excluding tert-OH is 1. The average molecular weight is 347 g/mol. The number of rotatable bonds is 8. The van der Waals surface area contributed by atoms with Crippen molar-refractivity contribution in [3.63, 3.8) is 0 Å². The number of aliphatic hydroxyl groups is 1. The molecule has 7 nitrogen and oxygen atoms in total. The van der Waals surface area contributed by atoms with Crippen LogP contribution in [0.4, 0.5) is 0 Å². The lowest BCUT2D eigenvalue weighted by Crippen LogP contribution is -2.46. The maximum Gasteiger partial charge on any atom is 0.303 e. The summed E-state index contributed by atoms with van der Waals surface area (Å²) in [5.74, 6) is 1.52. The van der Waals surface area contributed by atoms with E-state index in [1.165, 1.54) is 5.56 Å². The quantitative estimate of drug-likeness (QED) is 0.522. The van der Waals surface area contributed by atoms with Crippen molar-refractivity contribution in [1.82, 2.24) is 10.6 Å². The van der Waals surface area contributed by atoms with Crippen molar-refractivity contribution >= 4 is 11.9 Å². The van der Waals surface area contributed by atoms with Crippen LogP contribution in [-0.2, 0) is 4.79 Å². The number of β-amino-alcohol motifs (C(OH)–C–C–N with tert-alkyl or cyclic N) is 1. The first-order valence-electron chi connectivity index (χ1n) is 8.76. The van der Waals surface area contributed by atoms with Crippen LogP contribution >= 0.6 is 0 Å². The number of hydrogen-bond acceptors (Lipinski definition) is 6. The average Bonchev–Trinajstić information content (AvgIpc) is 3.35. The molecule has 1 saturated carbocycles. The van der Waals surface area contributed by atoms with Crippen molar-refractivity contribution < 1.29 is 19.7 Å². The Bertz CT molecular complexity index is 617. The van der Waals surface area contributed by atoms with Crippen LogP contribution in [0.5, 0.6) is 5.75 Å². The normalized spacial score (nSPS) is 24.8. The highest BCUT2D eigenvalue weighted by Gasteiger charge is 2.39. The van der Waals surface area contributed by atoms with E-state index in [0.717, 1.165) is 31.1 Å². The number of guanidine groups is 1. The Morgan fingerprint density at radius 3 is 2.84 bits per heavy atom. The number of carboxylic acids is 1. The van der Waals surface area contributed by atoms with Crippen molar-refractivity contribution in [2.24, 2.45) is 10.9 Å². The second-order valence-corrected chi connectivity index (χ2v) is 6.62. The predicted octanol–water partition coefficient (Wildman–Crippen LogP) is 0.943. The smallest absolute Gasteiger partial charge is 0.303 e. The molecule has 4 N–H and O–H groups in total. The fraction of sp³-hybridized carbons (Fsp3) is 0.556. The molecule has 0 spiro atoms. The Kier molecular flexibility index (Phi) is 5.75. The molecule has 1 aromatic carbocycles. The maximum atomic E-state index is 10.7. The lowest BCUT2D eigenvalue weighted by atomic mass is 10.1. The Labute approximate surface area is 147 Å². The molecule has 136 valence electrons. The number of hydrogen-bond donors (Lipinski definition) is 4. The fourth-order valence-electron chi connectivity index (χ4n) is 3.04. The molecule has 1 aliphatic heterocycles. The van der Waals surface area contributed by atoms with Gasteiger partial charge in [0.05, 0.1) is 19.3 Å². The summed E-state index contributed by atoms with van der Waals surface area (Å²) in [6.07, 6.45) is 1.67. The third kappa shape index (κ3) is 5.35. The summed E-state index contributed by atoms with van der Waals surface area (Å²) in [5, 5.41) is 24.4. The molecule has 0 amide bonds. The minimum absolute atomic E-state index is 0.259. The third-order valence-corrected chi connectivity index (χ3v) is 4.52. The van der Waals surface area contributed by atoms with E-state index in [2.05, 4.69) is 15.6 Å². The van der Waals surface area contributed by atoms with Gasteiger partial charge in [0.15, 0.2) is 5.96 Å². The molecular weight excluding hydrogens is 322 g/mol. The zero-order chi connectivity index (χ0) is 17.6. The zero-order valence-electron chi connectivity index (χ0n) is 14.1. The minimum atomic E-state index is -0.716. The third-order valence-electron chi connectivity index (χ3n) is 4.52. The molecule has 25 heavy (non-hydrogen) atoms. The Morgan fingerprint density at radius 1 is 1.36 bits per heavy atom. The van der Waals surface area contributed by atoms with Crippen LogP contribution in [0.15, 0.2) is 29.3 Å². The van der Waals surface area contributed by atoms with Crippen molar-refractivity contribution in [3.05, 3.63) is 29.8 Å². The van der Waals surface area contributed by atoms with E-state index in [9.17, 15) is 9.90 Å². The van der Waals surface area contributed by atoms with Gasteiger partial charge >= 0.3 is 5.97 Å². The molecule has 0 aromatic heterocycles. The van der Waals surface area contributed by atoms with Gasteiger partial charge in [-0.2, -0.15) is 0 Å². The lowest BCUT2D eigenvalue weighted by molar-refractivity contribution is -0.137. The first kappa shape index (κ1) is 17.5. The summed E-state index contributed by atoms with van der Waals surface area (Å²) < 4.78 is 5.72. The van der Waals surface area contributed by atoms with Crippen molar-refractivity contribution in [3.8, 4) is 5.75 Å². The van der Waals surface area contributed by atoms with E-state index < -0.39 is 12.1 Å². The van der Waals surface area contributed by atoms with E-state index in [-0.39, 0.29) is 12.3 Å².